The number of carbonyl (C=O) groups is 1. The van der Waals surface area contributed by atoms with Crippen LogP contribution in [0.15, 0.2) is 12.2 Å². The van der Waals surface area contributed by atoms with Crippen LogP contribution in [0.4, 0.5) is 0 Å². The fourth-order valence-electron chi connectivity index (χ4n) is 9.87. The predicted molar refractivity (Wildman–Crippen MR) is 286 cm³/mol. The molecule has 6 N–H and O–H groups in total. The highest BCUT2D eigenvalue weighted by atomic mass is 16.7. The van der Waals surface area contributed by atoms with Crippen molar-refractivity contribution >= 4 is 5.91 Å². The molecule has 0 aromatic heterocycles. The summed E-state index contributed by atoms with van der Waals surface area (Å²) < 4.78 is 11.3. The molecule has 0 aliphatic carbocycles. The van der Waals surface area contributed by atoms with Crippen LogP contribution in [0.1, 0.15) is 303 Å². The minimum atomic E-state index is -1.56. The molecule has 1 aliphatic heterocycles. The summed E-state index contributed by atoms with van der Waals surface area (Å²) in [6.45, 7) is 3.82. The molecule has 0 aromatic rings. The molecule has 1 rings (SSSR count). The largest absolute Gasteiger partial charge is 0.394 e. The predicted octanol–water partition coefficient (Wildman–Crippen LogP) is 14.8. The number of unbranched alkanes of at least 4 members (excludes halogenated alkanes) is 42. The summed E-state index contributed by atoms with van der Waals surface area (Å²) in [5, 5.41) is 54.5. The monoisotopic (exact) mass is 966 g/mol. The van der Waals surface area contributed by atoms with Gasteiger partial charge in [-0.1, -0.05) is 289 Å². The second-order valence-electron chi connectivity index (χ2n) is 21.2. The first-order chi connectivity index (χ1) is 33.3. The maximum Gasteiger partial charge on any atom is 0.220 e. The molecule has 0 spiro atoms. The van der Waals surface area contributed by atoms with E-state index in [4.69, 9.17) is 9.47 Å². The summed E-state index contributed by atoms with van der Waals surface area (Å²) in [6, 6.07) is -0.800. The molecule has 9 nitrogen and oxygen atoms in total. The van der Waals surface area contributed by atoms with Crippen LogP contribution in [0.5, 0.6) is 0 Å². The molecule has 0 aromatic carbocycles. The maximum atomic E-state index is 13.0. The lowest BCUT2D eigenvalue weighted by molar-refractivity contribution is -0.302. The number of amides is 1. The third kappa shape index (κ3) is 38.6. The van der Waals surface area contributed by atoms with Crippen LogP contribution in [-0.2, 0) is 14.3 Å². The first kappa shape index (κ1) is 64.9. The van der Waals surface area contributed by atoms with Crippen molar-refractivity contribution in [3.8, 4) is 0 Å². The van der Waals surface area contributed by atoms with Gasteiger partial charge in [-0.3, -0.25) is 4.79 Å². The Balaban J connectivity index is 2.13. The number of nitrogens with one attached hydrogen (secondary N) is 1. The summed E-state index contributed by atoms with van der Waals surface area (Å²) in [7, 11) is 0. The van der Waals surface area contributed by atoms with E-state index < -0.39 is 49.5 Å². The van der Waals surface area contributed by atoms with Crippen molar-refractivity contribution in [3.05, 3.63) is 12.2 Å². The highest BCUT2D eigenvalue weighted by molar-refractivity contribution is 5.76. The van der Waals surface area contributed by atoms with Gasteiger partial charge in [0.15, 0.2) is 6.29 Å². The lowest BCUT2D eigenvalue weighted by atomic mass is 9.99. The number of hydrogen-bond donors (Lipinski definition) is 6. The number of hydrogen-bond acceptors (Lipinski definition) is 8. The molecule has 1 aliphatic rings. The molecule has 1 fully saturated rings. The van der Waals surface area contributed by atoms with Crippen molar-refractivity contribution in [3.63, 3.8) is 0 Å². The Kier molecular flexibility index (Phi) is 47.3. The first-order valence-corrected chi connectivity index (χ1v) is 29.9. The first-order valence-electron chi connectivity index (χ1n) is 29.9. The smallest absolute Gasteiger partial charge is 0.220 e. The third-order valence-electron chi connectivity index (χ3n) is 14.6. The average Bonchev–Trinajstić information content (AvgIpc) is 3.34. The Hall–Kier alpha value is -1.07. The molecule has 7 atom stereocenters. The van der Waals surface area contributed by atoms with Gasteiger partial charge in [0.1, 0.15) is 24.4 Å². The van der Waals surface area contributed by atoms with Crippen molar-refractivity contribution in [1.82, 2.24) is 5.32 Å². The van der Waals surface area contributed by atoms with E-state index in [2.05, 4.69) is 19.2 Å². The molecule has 0 bridgehead atoms. The number of rotatable bonds is 52. The Morgan fingerprint density at radius 2 is 0.809 bits per heavy atom. The van der Waals surface area contributed by atoms with E-state index in [0.29, 0.717) is 6.42 Å². The normalized spacial score (nSPS) is 19.5. The van der Waals surface area contributed by atoms with Crippen molar-refractivity contribution < 1.29 is 39.8 Å². The van der Waals surface area contributed by atoms with Gasteiger partial charge in [0.25, 0.3) is 0 Å². The van der Waals surface area contributed by atoms with Crippen molar-refractivity contribution in [2.24, 2.45) is 0 Å². The Labute approximate surface area is 420 Å². The number of aliphatic hydroxyl groups excluding tert-OH is 5. The Bertz CT molecular complexity index is 1080. The molecule has 9 heteroatoms. The summed E-state index contributed by atoms with van der Waals surface area (Å²) >= 11 is 0. The van der Waals surface area contributed by atoms with Crippen LogP contribution in [0.3, 0.4) is 0 Å². The number of ether oxygens (including phenoxy) is 2. The molecule has 1 heterocycles. The number of carbonyl (C=O) groups excluding carboxylic acids is 1. The number of aliphatic hydroxyl groups is 5. The molecular weight excluding hydrogens is 851 g/mol. The lowest BCUT2D eigenvalue weighted by Crippen LogP contribution is -2.60. The van der Waals surface area contributed by atoms with Crippen molar-refractivity contribution in [2.45, 2.75) is 346 Å². The Morgan fingerprint density at radius 3 is 1.15 bits per heavy atom. The van der Waals surface area contributed by atoms with Gasteiger partial charge in [-0.15, -0.1) is 0 Å². The molecule has 0 radical (unpaired) electrons. The summed E-state index contributed by atoms with van der Waals surface area (Å²) in [6.07, 6.45) is 54.4. The molecule has 0 saturated carbocycles. The SMILES string of the molecule is CCCCCCCCCCCCCCC/C=C/[C@@H](O)[C@H](CO[C@@H]1O[C@H](CO)[C@H](O)C(O)C1O)NC(=O)CCCCCCCCCCCCCCCCCCCCCCCCCCCCCCCC. The summed E-state index contributed by atoms with van der Waals surface area (Å²) in [5.74, 6) is -0.170. The topological polar surface area (TPSA) is 149 Å². The van der Waals surface area contributed by atoms with E-state index in [9.17, 15) is 30.3 Å². The minimum absolute atomic E-state index is 0.170. The molecular formula is C59H115NO8. The molecule has 2 unspecified atom stereocenters. The van der Waals surface area contributed by atoms with E-state index in [0.717, 1.165) is 38.5 Å². The van der Waals surface area contributed by atoms with Gasteiger partial charge in [-0.05, 0) is 19.3 Å². The molecule has 68 heavy (non-hydrogen) atoms. The van der Waals surface area contributed by atoms with Crippen LogP contribution < -0.4 is 5.32 Å². The molecule has 1 saturated heterocycles. The van der Waals surface area contributed by atoms with Crippen LogP contribution in [0, 0.1) is 0 Å². The van der Waals surface area contributed by atoms with Gasteiger partial charge in [-0.2, -0.15) is 0 Å². The van der Waals surface area contributed by atoms with Gasteiger partial charge < -0.3 is 40.3 Å². The quantitative estimate of drug-likeness (QED) is 0.0261. The van der Waals surface area contributed by atoms with Gasteiger partial charge in [-0.25, -0.2) is 0 Å². The maximum absolute atomic E-state index is 13.0. The van der Waals surface area contributed by atoms with Gasteiger partial charge in [0.2, 0.25) is 5.91 Å². The van der Waals surface area contributed by atoms with E-state index in [1.54, 1.807) is 6.08 Å². The van der Waals surface area contributed by atoms with Crippen LogP contribution in [0.25, 0.3) is 0 Å². The third-order valence-corrected chi connectivity index (χ3v) is 14.6. The Morgan fingerprint density at radius 1 is 0.485 bits per heavy atom. The lowest BCUT2D eigenvalue weighted by Gasteiger charge is -2.40. The fraction of sp³-hybridized carbons (Fsp3) is 0.949. The van der Waals surface area contributed by atoms with Crippen molar-refractivity contribution in [1.29, 1.82) is 0 Å². The van der Waals surface area contributed by atoms with Gasteiger partial charge in [0.05, 0.1) is 25.4 Å². The van der Waals surface area contributed by atoms with Crippen LogP contribution in [0.2, 0.25) is 0 Å². The van der Waals surface area contributed by atoms with E-state index in [-0.39, 0.29) is 12.5 Å². The standard InChI is InChI=1S/C59H115NO8/c1-3-5-7-9-11-13-15-17-19-20-21-22-23-24-25-26-27-28-29-30-31-32-33-35-37-39-41-43-45-47-49-55(63)60-52(51-67-59-58(66)57(65)56(64)54(50-61)68-59)53(62)48-46-44-42-40-38-36-34-18-16-14-12-10-8-6-4-2/h46,48,52-54,56-59,61-62,64-66H,3-45,47,49-51H2,1-2H3,(H,60,63)/b48-46+/t52-,53+,54+,56-,57?,58?,59+/m0/s1. The summed E-state index contributed by atoms with van der Waals surface area (Å²) in [4.78, 5) is 13.0. The highest BCUT2D eigenvalue weighted by Crippen LogP contribution is 2.23. The van der Waals surface area contributed by atoms with Gasteiger partial charge >= 0.3 is 0 Å². The zero-order chi connectivity index (χ0) is 49.4. The zero-order valence-corrected chi connectivity index (χ0v) is 44.9. The molecule has 1 amide bonds. The van der Waals surface area contributed by atoms with Gasteiger partial charge in [0, 0.05) is 6.42 Å². The van der Waals surface area contributed by atoms with E-state index in [1.165, 1.54) is 244 Å². The number of allylic oxidation sites excluding steroid dienone is 1. The van der Waals surface area contributed by atoms with Crippen molar-refractivity contribution in [2.75, 3.05) is 13.2 Å². The summed E-state index contributed by atoms with van der Waals surface area (Å²) in [5.41, 5.74) is 0. The van der Waals surface area contributed by atoms with Crippen LogP contribution >= 0.6 is 0 Å². The fourth-order valence-corrected chi connectivity index (χ4v) is 9.87. The second-order valence-corrected chi connectivity index (χ2v) is 21.2. The zero-order valence-electron chi connectivity index (χ0n) is 44.9. The average molecular weight is 967 g/mol. The molecule has 404 valence electrons. The second kappa shape index (κ2) is 49.5. The van der Waals surface area contributed by atoms with Crippen LogP contribution in [-0.4, -0.2) is 87.5 Å². The highest BCUT2D eigenvalue weighted by Gasteiger charge is 2.44. The van der Waals surface area contributed by atoms with E-state index in [1.807, 2.05) is 6.08 Å². The minimum Gasteiger partial charge on any atom is -0.394 e. The van der Waals surface area contributed by atoms with E-state index >= 15 is 0 Å².